The van der Waals surface area contributed by atoms with Crippen molar-refractivity contribution in [1.82, 2.24) is 24.7 Å². The van der Waals surface area contributed by atoms with Gasteiger partial charge in [0.25, 0.3) is 17.5 Å². The van der Waals surface area contributed by atoms with Crippen LogP contribution in [0.25, 0.3) is 0 Å². The van der Waals surface area contributed by atoms with Gasteiger partial charge in [0.1, 0.15) is 45.3 Å². The summed E-state index contributed by atoms with van der Waals surface area (Å²) in [7, 11) is 1.63. The number of methoxy groups -OCH3 is 1. The lowest BCUT2D eigenvalue weighted by atomic mass is 10.1. The number of hydrogen-bond acceptors (Lipinski definition) is 17. The molecule has 2 amide bonds. The predicted octanol–water partition coefficient (Wildman–Crippen LogP) is 11.0. The van der Waals surface area contributed by atoms with Gasteiger partial charge in [-0.2, -0.15) is 0 Å². The monoisotopic (exact) mass is 1140 g/mol. The largest absolute Gasteiger partial charge is 0.496 e. The number of aromatic nitrogens is 2. The molecule has 8 aromatic rings. The van der Waals surface area contributed by atoms with Crippen LogP contribution in [0.5, 0.6) is 34.5 Å². The van der Waals surface area contributed by atoms with Crippen molar-refractivity contribution in [2.75, 3.05) is 57.1 Å². The SMILES string of the molecule is COc1cc(OCc2cc(CN(Cc3ccc(Cl)cc3)Cc3nc(C(=O)Nc4ccc(F)cc4)cs3)cc3c2OCO3)ccc1CN(Cc1ccc2c(c1)OCO2)Cc1nc(C(=O)N2CCN(c3ccc([N+](=O)[O-])cc3)CC2)cs1. The van der Waals surface area contributed by atoms with Gasteiger partial charge in [-0.25, -0.2) is 14.4 Å². The third-order valence-electron chi connectivity index (χ3n) is 13.6. The number of fused-ring (bicyclic) bond motifs is 2. The molecule has 3 aliphatic rings. The van der Waals surface area contributed by atoms with Gasteiger partial charge in [0.15, 0.2) is 23.0 Å². The molecule has 22 heteroatoms. The van der Waals surface area contributed by atoms with E-state index in [1.165, 1.54) is 59.1 Å². The van der Waals surface area contributed by atoms with E-state index in [1.54, 1.807) is 29.5 Å². The normalized spacial score (nSPS) is 13.5. The van der Waals surface area contributed by atoms with Crippen molar-refractivity contribution in [2.45, 2.75) is 45.9 Å². The summed E-state index contributed by atoms with van der Waals surface area (Å²) in [6, 6.07) is 35.4. The summed E-state index contributed by atoms with van der Waals surface area (Å²) >= 11 is 9.07. The predicted molar refractivity (Wildman–Crippen MR) is 300 cm³/mol. The van der Waals surface area contributed by atoms with Crippen LogP contribution in [0.4, 0.5) is 21.5 Å². The number of amides is 2. The maximum atomic E-state index is 13.8. The molecule has 5 heterocycles. The summed E-state index contributed by atoms with van der Waals surface area (Å²) in [5.41, 5.74) is 6.70. The van der Waals surface area contributed by atoms with Crippen molar-refractivity contribution in [3.05, 3.63) is 202 Å². The molecule has 0 unspecified atom stereocenters. The van der Waals surface area contributed by atoms with Crippen LogP contribution in [0.15, 0.2) is 132 Å². The van der Waals surface area contributed by atoms with Crippen LogP contribution in [0.3, 0.4) is 0 Å². The first kappa shape index (κ1) is 53.7. The van der Waals surface area contributed by atoms with Gasteiger partial charge in [0.2, 0.25) is 13.6 Å². The lowest BCUT2D eigenvalue weighted by Crippen LogP contribution is -2.48. The maximum Gasteiger partial charge on any atom is 0.275 e. The molecule has 0 spiro atoms. The molecule has 0 aliphatic carbocycles. The van der Waals surface area contributed by atoms with Crippen molar-refractivity contribution in [3.8, 4) is 34.5 Å². The first-order chi connectivity index (χ1) is 38.9. The molecular formula is C58H52ClFN8O10S2. The minimum atomic E-state index is -0.416. The van der Waals surface area contributed by atoms with Crippen LogP contribution in [-0.4, -0.2) is 88.3 Å². The third-order valence-corrected chi connectivity index (χ3v) is 15.5. The highest BCUT2D eigenvalue weighted by molar-refractivity contribution is 7.10. The Balaban J connectivity index is 0.768. The summed E-state index contributed by atoms with van der Waals surface area (Å²) in [5.74, 6) is 2.86. The molecule has 1 fully saturated rings. The Morgan fingerprint density at radius 3 is 2.10 bits per heavy atom. The highest BCUT2D eigenvalue weighted by Crippen LogP contribution is 2.39. The fraction of sp³-hybridized carbons (Fsp3) is 0.241. The second kappa shape index (κ2) is 24.4. The first-order valence-electron chi connectivity index (χ1n) is 25.5. The smallest absolute Gasteiger partial charge is 0.275 e. The molecule has 18 nitrogen and oxygen atoms in total. The molecule has 410 valence electrons. The van der Waals surface area contributed by atoms with E-state index in [2.05, 4.69) is 25.0 Å². The van der Waals surface area contributed by atoms with Gasteiger partial charge >= 0.3 is 0 Å². The summed E-state index contributed by atoms with van der Waals surface area (Å²) in [4.78, 5) is 55.5. The van der Waals surface area contributed by atoms with Crippen LogP contribution in [-0.2, 0) is 45.9 Å². The van der Waals surface area contributed by atoms with Gasteiger partial charge in [0, 0.05) is 109 Å². The zero-order chi connectivity index (χ0) is 55.1. The standard InChI is InChI=1S/C58H52ClFN8O10S2/c1-73-51-25-47(74-32-41-22-39(24-53-56(41)78-36-77-53)28-64(26-37-2-6-42(59)7-3-37)30-54-62-48(33-79-54)57(69)61-44-10-8-43(60)9-11-44)16-5-40(51)29-65(27-38-4-17-50-52(23-38)76-35-75-50)31-55-63-49(34-80-55)58(70)67-20-18-66(19-21-67)45-12-14-46(15-13-45)68(71)72/h2-17,22-25,33-34H,18-21,26-32,35-36H2,1H3,(H,61,69). The van der Waals surface area contributed by atoms with Gasteiger partial charge < -0.3 is 43.5 Å². The van der Waals surface area contributed by atoms with Crippen LogP contribution in [0.1, 0.15) is 58.8 Å². The number of carbonyl (C=O) groups is 2. The van der Waals surface area contributed by atoms with Crippen LogP contribution >= 0.6 is 34.3 Å². The molecule has 1 saturated heterocycles. The first-order valence-corrected chi connectivity index (χ1v) is 27.6. The number of hydrogen-bond donors (Lipinski definition) is 1. The topological polar surface area (TPSA) is 183 Å². The number of nitrogens with one attached hydrogen (secondary N) is 1. The molecular weight excluding hydrogens is 1090 g/mol. The summed E-state index contributed by atoms with van der Waals surface area (Å²) < 4.78 is 49.2. The van der Waals surface area contributed by atoms with Crippen LogP contribution in [0, 0.1) is 15.9 Å². The van der Waals surface area contributed by atoms with E-state index in [-0.39, 0.29) is 43.4 Å². The van der Waals surface area contributed by atoms with Crippen molar-refractivity contribution in [2.24, 2.45) is 0 Å². The van der Waals surface area contributed by atoms with Gasteiger partial charge in [0.05, 0.1) is 25.1 Å². The molecule has 6 aromatic carbocycles. The Hall–Kier alpha value is -8.34. The highest BCUT2D eigenvalue weighted by Gasteiger charge is 2.27. The Morgan fingerprint density at radius 2 is 1.35 bits per heavy atom. The van der Waals surface area contributed by atoms with Gasteiger partial charge in [-0.05, 0) is 95.6 Å². The van der Waals surface area contributed by atoms with E-state index in [0.29, 0.717) is 116 Å². The van der Waals surface area contributed by atoms with E-state index in [1.807, 2.05) is 78.2 Å². The van der Waals surface area contributed by atoms with Gasteiger partial charge in [-0.3, -0.25) is 29.5 Å². The molecule has 0 saturated carbocycles. The zero-order valence-electron chi connectivity index (χ0n) is 43.2. The van der Waals surface area contributed by atoms with E-state index in [9.17, 15) is 24.1 Å². The van der Waals surface area contributed by atoms with Gasteiger partial charge in [-0.1, -0.05) is 35.9 Å². The number of nitro benzene ring substituents is 1. The number of ether oxygens (including phenoxy) is 6. The Bertz CT molecular complexity index is 3530. The second-order valence-electron chi connectivity index (χ2n) is 19.1. The van der Waals surface area contributed by atoms with Crippen molar-refractivity contribution in [1.29, 1.82) is 0 Å². The van der Waals surface area contributed by atoms with E-state index in [4.69, 9.17) is 45.0 Å². The van der Waals surface area contributed by atoms with Crippen molar-refractivity contribution < 1.29 is 47.3 Å². The van der Waals surface area contributed by atoms with E-state index in [0.717, 1.165) is 43.5 Å². The van der Waals surface area contributed by atoms with Crippen molar-refractivity contribution >= 4 is 63.2 Å². The minimum absolute atomic E-state index is 0.0362. The van der Waals surface area contributed by atoms with Crippen molar-refractivity contribution in [3.63, 3.8) is 0 Å². The summed E-state index contributed by atoms with van der Waals surface area (Å²) in [6.07, 6.45) is 0. The molecule has 0 bridgehead atoms. The quantitative estimate of drug-likeness (QED) is 0.0529. The molecule has 0 radical (unpaired) electrons. The molecule has 80 heavy (non-hydrogen) atoms. The fourth-order valence-electron chi connectivity index (χ4n) is 9.63. The number of carbonyl (C=O) groups excluding carboxylic acids is 2. The number of benzene rings is 6. The number of thiazole rings is 2. The molecule has 11 rings (SSSR count). The molecule has 0 atom stereocenters. The number of rotatable bonds is 21. The number of halogens is 2. The van der Waals surface area contributed by atoms with E-state index >= 15 is 0 Å². The number of anilines is 2. The maximum absolute atomic E-state index is 13.8. The number of non-ortho nitro benzene ring substituents is 1. The number of piperazine rings is 1. The van der Waals surface area contributed by atoms with Crippen LogP contribution < -0.4 is 38.6 Å². The Kier molecular flexibility index (Phi) is 16.3. The zero-order valence-corrected chi connectivity index (χ0v) is 45.6. The summed E-state index contributed by atoms with van der Waals surface area (Å²) in [6.45, 7) is 5.42. The third kappa shape index (κ3) is 13.0. The lowest BCUT2D eigenvalue weighted by Gasteiger charge is -2.35. The fourth-order valence-corrected chi connectivity index (χ4v) is 11.4. The lowest BCUT2D eigenvalue weighted by molar-refractivity contribution is -0.384. The summed E-state index contributed by atoms with van der Waals surface area (Å²) in [5, 5.41) is 19.6. The van der Waals surface area contributed by atoms with Gasteiger partial charge in [-0.15, -0.1) is 22.7 Å². The average Bonchev–Trinajstić information content (AvgIpc) is 4.34. The van der Waals surface area contributed by atoms with Crippen LogP contribution in [0.2, 0.25) is 5.02 Å². The molecule has 1 N–H and O–H groups in total. The number of nitro groups is 1. The second-order valence-corrected chi connectivity index (χ2v) is 21.4. The minimum Gasteiger partial charge on any atom is -0.496 e. The Labute approximate surface area is 472 Å². The highest BCUT2D eigenvalue weighted by atomic mass is 35.5. The molecule has 3 aliphatic heterocycles. The Morgan fingerprint density at radius 1 is 0.700 bits per heavy atom. The number of nitrogens with zero attached hydrogens (tertiary/aromatic N) is 7. The average molecular weight is 1140 g/mol. The van der Waals surface area contributed by atoms with E-state index < -0.39 is 10.7 Å². The molecule has 2 aromatic heterocycles.